The lowest BCUT2D eigenvalue weighted by atomic mass is 10.2. The zero-order valence-electron chi connectivity index (χ0n) is 14.2. The fourth-order valence-corrected chi connectivity index (χ4v) is 2.38. The van der Waals surface area contributed by atoms with Crippen LogP contribution in [0.15, 0.2) is 12.4 Å². The molecule has 132 valence electrons. The molecule has 0 aliphatic carbocycles. The second-order valence-electron chi connectivity index (χ2n) is 5.57. The minimum Gasteiger partial charge on any atom is -0.383 e. The molecular weight excluding hydrogens is 312 g/mol. The third-order valence-electron chi connectivity index (χ3n) is 3.81. The molecule has 0 atom stereocenters. The highest BCUT2D eigenvalue weighted by Gasteiger charge is 2.21. The largest absolute Gasteiger partial charge is 0.383 e. The van der Waals surface area contributed by atoms with Crippen LogP contribution in [0.25, 0.3) is 0 Å². The number of amides is 2. The first kappa shape index (κ1) is 18.3. The molecule has 24 heavy (non-hydrogen) atoms. The Balaban J connectivity index is 1.95. The third kappa shape index (κ3) is 5.24. The second-order valence-corrected chi connectivity index (χ2v) is 5.57. The van der Waals surface area contributed by atoms with Crippen LogP contribution in [0.5, 0.6) is 0 Å². The van der Waals surface area contributed by atoms with Gasteiger partial charge in [-0.15, -0.1) is 0 Å². The number of hydrogen-bond donors (Lipinski definition) is 0. The lowest BCUT2D eigenvalue weighted by Crippen LogP contribution is -2.43. The van der Waals surface area contributed by atoms with Crippen LogP contribution in [0.2, 0.25) is 0 Å². The zero-order chi connectivity index (χ0) is 17.4. The number of morpholine rings is 1. The summed E-state index contributed by atoms with van der Waals surface area (Å²) in [6, 6.07) is 0. The molecule has 1 fully saturated rings. The highest BCUT2D eigenvalue weighted by atomic mass is 16.5. The van der Waals surface area contributed by atoms with Crippen LogP contribution in [0, 0.1) is 6.92 Å². The summed E-state index contributed by atoms with van der Waals surface area (Å²) in [5.41, 5.74) is 1.02. The predicted molar refractivity (Wildman–Crippen MR) is 86.6 cm³/mol. The van der Waals surface area contributed by atoms with E-state index in [0.29, 0.717) is 46.0 Å². The van der Waals surface area contributed by atoms with Crippen molar-refractivity contribution in [2.45, 2.75) is 13.3 Å². The summed E-state index contributed by atoms with van der Waals surface area (Å²) < 4.78 is 10.3. The molecule has 2 rings (SSSR count). The molecule has 8 nitrogen and oxygen atoms in total. The van der Waals surface area contributed by atoms with Crippen LogP contribution in [-0.4, -0.2) is 84.7 Å². The van der Waals surface area contributed by atoms with Gasteiger partial charge in [0.2, 0.25) is 5.91 Å². The van der Waals surface area contributed by atoms with E-state index >= 15 is 0 Å². The van der Waals surface area contributed by atoms with Crippen LogP contribution in [0.3, 0.4) is 0 Å². The van der Waals surface area contributed by atoms with E-state index in [1.165, 1.54) is 6.20 Å². The summed E-state index contributed by atoms with van der Waals surface area (Å²) in [6.07, 6.45) is 3.29. The molecule has 0 spiro atoms. The minimum absolute atomic E-state index is 0.0310. The van der Waals surface area contributed by atoms with E-state index in [2.05, 4.69) is 9.97 Å². The van der Waals surface area contributed by atoms with Crippen molar-refractivity contribution in [3.05, 3.63) is 23.8 Å². The van der Waals surface area contributed by atoms with Gasteiger partial charge in [-0.25, -0.2) is 4.98 Å². The number of carbonyl (C=O) groups excluding carboxylic acids is 2. The lowest BCUT2D eigenvalue weighted by Gasteiger charge is -2.28. The molecule has 1 saturated heterocycles. The van der Waals surface area contributed by atoms with Gasteiger partial charge in [0.25, 0.3) is 5.91 Å². The maximum Gasteiger partial charge on any atom is 0.274 e. The number of hydrogen-bond acceptors (Lipinski definition) is 6. The van der Waals surface area contributed by atoms with Crippen LogP contribution < -0.4 is 0 Å². The molecule has 2 heterocycles. The number of methoxy groups -OCH3 is 1. The number of aryl methyl sites for hydroxylation is 1. The molecule has 0 N–H and O–H groups in total. The molecule has 0 bridgehead atoms. The first-order chi connectivity index (χ1) is 11.6. The van der Waals surface area contributed by atoms with E-state index in [4.69, 9.17) is 9.47 Å². The predicted octanol–water partition coefficient (Wildman–Crippen LogP) is 0.123. The van der Waals surface area contributed by atoms with E-state index in [9.17, 15) is 9.59 Å². The maximum atomic E-state index is 12.6. The SMILES string of the molecule is COCCN(CCC(=O)N1CCOCC1)C(=O)c1cnc(C)cn1. The Bertz CT molecular complexity index is 544. The number of ether oxygens (including phenoxy) is 2. The quantitative estimate of drug-likeness (QED) is 0.703. The normalized spacial score (nSPS) is 14.5. The van der Waals surface area contributed by atoms with E-state index in [-0.39, 0.29) is 23.9 Å². The van der Waals surface area contributed by atoms with Crippen molar-refractivity contribution in [1.82, 2.24) is 19.8 Å². The molecule has 1 aliphatic rings. The summed E-state index contributed by atoms with van der Waals surface area (Å²) in [5.74, 6) is -0.210. The zero-order valence-corrected chi connectivity index (χ0v) is 14.2. The highest BCUT2D eigenvalue weighted by Crippen LogP contribution is 2.06. The summed E-state index contributed by atoms with van der Waals surface area (Å²) in [4.78, 5) is 36.4. The van der Waals surface area contributed by atoms with E-state index < -0.39 is 0 Å². The molecule has 0 aromatic carbocycles. The molecule has 1 aliphatic heterocycles. The van der Waals surface area contributed by atoms with Gasteiger partial charge < -0.3 is 19.3 Å². The van der Waals surface area contributed by atoms with E-state index in [0.717, 1.165) is 5.69 Å². The lowest BCUT2D eigenvalue weighted by molar-refractivity contribution is -0.135. The van der Waals surface area contributed by atoms with Gasteiger partial charge in [0.15, 0.2) is 0 Å². The van der Waals surface area contributed by atoms with Crippen molar-refractivity contribution in [2.24, 2.45) is 0 Å². The molecule has 8 heteroatoms. The summed E-state index contributed by atoms with van der Waals surface area (Å²) in [7, 11) is 1.58. The van der Waals surface area contributed by atoms with E-state index in [1.807, 2.05) is 6.92 Å². The average Bonchev–Trinajstić information content (AvgIpc) is 2.62. The van der Waals surface area contributed by atoms with Crippen molar-refractivity contribution in [3.8, 4) is 0 Å². The van der Waals surface area contributed by atoms with Gasteiger partial charge in [0.1, 0.15) is 5.69 Å². The molecule has 0 saturated carbocycles. The average molecular weight is 336 g/mol. The number of carbonyl (C=O) groups is 2. The summed E-state index contributed by atoms with van der Waals surface area (Å²) in [5, 5.41) is 0. The van der Waals surface area contributed by atoms with Crippen LogP contribution in [0.1, 0.15) is 22.6 Å². The van der Waals surface area contributed by atoms with Gasteiger partial charge in [0, 0.05) is 45.9 Å². The van der Waals surface area contributed by atoms with Crippen LogP contribution in [-0.2, 0) is 14.3 Å². The first-order valence-corrected chi connectivity index (χ1v) is 8.04. The molecule has 1 aromatic heterocycles. The van der Waals surface area contributed by atoms with Crippen molar-refractivity contribution in [2.75, 3.05) is 53.1 Å². The Morgan fingerprint density at radius 3 is 2.62 bits per heavy atom. The van der Waals surface area contributed by atoms with Crippen molar-refractivity contribution >= 4 is 11.8 Å². The second kappa shape index (κ2) is 9.29. The molecule has 0 unspecified atom stereocenters. The van der Waals surface area contributed by atoms with Gasteiger partial charge in [-0.1, -0.05) is 0 Å². The summed E-state index contributed by atoms with van der Waals surface area (Å²) in [6.45, 7) is 5.29. The molecule has 0 radical (unpaired) electrons. The third-order valence-corrected chi connectivity index (χ3v) is 3.81. The molecule has 1 aromatic rings. The number of aromatic nitrogens is 2. The Morgan fingerprint density at radius 2 is 2.00 bits per heavy atom. The minimum atomic E-state index is -0.241. The monoisotopic (exact) mass is 336 g/mol. The van der Waals surface area contributed by atoms with Gasteiger partial charge in [0.05, 0.1) is 31.7 Å². The fraction of sp³-hybridized carbons (Fsp3) is 0.625. The van der Waals surface area contributed by atoms with Gasteiger partial charge >= 0.3 is 0 Å². The number of rotatable bonds is 7. The Hall–Kier alpha value is -2.06. The Morgan fingerprint density at radius 1 is 1.25 bits per heavy atom. The number of nitrogens with zero attached hydrogens (tertiary/aromatic N) is 4. The maximum absolute atomic E-state index is 12.6. The van der Waals surface area contributed by atoms with Crippen LogP contribution >= 0.6 is 0 Å². The van der Waals surface area contributed by atoms with E-state index in [1.54, 1.807) is 23.1 Å². The first-order valence-electron chi connectivity index (χ1n) is 8.04. The fourth-order valence-electron chi connectivity index (χ4n) is 2.38. The van der Waals surface area contributed by atoms with Gasteiger partial charge in [-0.3, -0.25) is 14.6 Å². The molecule has 2 amide bonds. The van der Waals surface area contributed by atoms with Crippen molar-refractivity contribution in [3.63, 3.8) is 0 Å². The standard InChI is InChI=1S/C16H24N4O4/c1-13-11-18-14(12-17-13)16(22)20(5-8-23-2)4-3-15(21)19-6-9-24-10-7-19/h11-12H,3-10H2,1-2H3. The highest BCUT2D eigenvalue weighted by molar-refractivity contribution is 5.92. The van der Waals surface area contributed by atoms with Gasteiger partial charge in [-0.05, 0) is 6.92 Å². The Kier molecular flexibility index (Phi) is 7.07. The van der Waals surface area contributed by atoms with Crippen molar-refractivity contribution < 1.29 is 19.1 Å². The molecular formula is C16H24N4O4. The van der Waals surface area contributed by atoms with Crippen LogP contribution in [0.4, 0.5) is 0 Å². The van der Waals surface area contributed by atoms with Crippen molar-refractivity contribution in [1.29, 1.82) is 0 Å². The van der Waals surface area contributed by atoms with Gasteiger partial charge in [-0.2, -0.15) is 0 Å². The smallest absolute Gasteiger partial charge is 0.274 e. The Labute approximate surface area is 141 Å². The summed E-state index contributed by atoms with van der Waals surface area (Å²) >= 11 is 0. The topological polar surface area (TPSA) is 84.9 Å².